The number of carbonyl (C=O) groups is 1. The highest BCUT2D eigenvalue weighted by Crippen LogP contribution is 2.21. The van der Waals surface area contributed by atoms with Crippen LogP contribution in [0.15, 0.2) is 59.5 Å². The summed E-state index contributed by atoms with van der Waals surface area (Å²) in [4.78, 5) is 13.7. The van der Waals surface area contributed by atoms with Gasteiger partial charge in [0.1, 0.15) is 5.75 Å². The molecule has 0 saturated heterocycles. The van der Waals surface area contributed by atoms with Gasteiger partial charge in [0.25, 0.3) is 0 Å². The predicted octanol–water partition coefficient (Wildman–Crippen LogP) is 8.07. The number of allylic oxidation sites excluding steroid dienone is 1. The predicted molar refractivity (Wildman–Crippen MR) is 131 cm³/mol. The molecular formula is C27H36O2S. The van der Waals surface area contributed by atoms with Crippen molar-refractivity contribution in [1.29, 1.82) is 0 Å². The van der Waals surface area contributed by atoms with Gasteiger partial charge in [0.15, 0.2) is 5.78 Å². The van der Waals surface area contributed by atoms with Gasteiger partial charge in [-0.15, -0.1) is 11.8 Å². The number of rotatable bonds is 14. The Balaban J connectivity index is 1.76. The Hall–Kier alpha value is -2.00. The first-order chi connectivity index (χ1) is 14.6. The number of benzene rings is 2. The summed E-state index contributed by atoms with van der Waals surface area (Å²) in [5, 5.41) is 0. The number of unbranched alkanes of at least 4 members (excludes halogenated alkanes) is 5. The van der Waals surface area contributed by atoms with Gasteiger partial charge in [-0.2, -0.15) is 0 Å². The molecule has 0 atom stereocenters. The summed E-state index contributed by atoms with van der Waals surface area (Å²) in [6.07, 6.45) is 11.0. The van der Waals surface area contributed by atoms with E-state index in [0.29, 0.717) is 11.5 Å². The van der Waals surface area contributed by atoms with Crippen LogP contribution in [0.2, 0.25) is 0 Å². The number of thioether (sulfide) groups is 1. The number of hydrogen-bond acceptors (Lipinski definition) is 3. The zero-order valence-corrected chi connectivity index (χ0v) is 19.5. The van der Waals surface area contributed by atoms with Gasteiger partial charge in [-0.1, -0.05) is 71.1 Å². The lowest BCUT2D eigenvalue weighted by atomic mass is 10.1. The Labute approximate surface area is 187 Å². The zero-order valence-electron chi connectivity index (χ0n) is 18.7. The fourth-order valence-electron chi connectivity index (χ4n) is 2.99. The molecule has 0 heterocycles. The Morgan fingerprint density at radius 3 is 2.27 bits per heavy atom. The van der Waals surface area contributed by atoms with Crippen LogP contribution in [0.25, 0.3) is 6.08 Å². The van der Waals surface area contributed by atoms with Crippen LogP contribution in [0.1, 0.15) is 75.2 Å². The maximum atomic E-state index is 12.4. The van der Waals surface area contributed by atoms with Crippen LogP contribution in [0.3, 0.4) is 0 Å². The Morgan fingerprint density at radius 1 is 0.933 bits per heavy atom. The van der Waals surface area contributed by atoms with E-state index >= 15 is 0 Å². The molecule has 0 radical (unpaired) electrons. The van der Waals surface area contributed by atoms with Gasteiger partial charge in [0.2, 0.25) is 0 Å². The Bertz CT molecular complexity index is 760. The topological polar surface area (TPSA) is 26.3 Å². The summed E-state index contributed by atoms with van der Waals surface area (Å²) < 4.78 is 5.79. The third kappa shape index (κ3) is 9.67. The molecular weight excluding hydrogens is 388 g/mol. The van der Waals surface area contributed by atoms with Gasteiger partial charge in [-0.3, -0.25) is 4.79 Å². The molecule has 0 amide bonds. The largest absolute Gasteiger partial charge is 0.494 e. The van der Waals surface area contributed by atoms with Gasteiger partial charge >= 0.3 is 0 Å². The first-order valence-electron chi connectivity index (χ1n) is 11.3. The van der Waals surface area contributed by atoms with Gasteiger partial charge in [0.05, 0.1) is 6.61 Å². The van der Waals surface area contributed by atoms with Crippen molar-refractivity contribution in [2.45, 2.75) is 64.2 Å². The van der Waals surface area contributed by atoms with E-state index in [-0.39, 0.29) is 5.78 Å². The van der Waals surface area contributed by atoms with Crippen LogP contribution >= 0.6 is 11.8 Å². The van der Waals surface area contributed by atoms with Crippen molar-refractivity contribution in [2.75, 3.05) is 12.4 Å². The van der Waals surface area contributed by atoms with Crippen LogP contribution in [0, 0.1) is 5.92 Å². The molecule has 0 unspecified atom stereocenters. The molecule has 0 spiro atoms. The molecule has 0 saturated carbocycles. The second kappa shape index (κ2) is 14.1. The average molecular weight is 425 g/mol. The summed E-state index contributed by atoms with van der Waals surface area (Å²) >= 11 is 1.87. The van der Waals surface area contributed by atoms with Crippen molar-refractivity contribution in [3.63, 3.8) is 0 Å². The van der Waals surface area contributed by atoms with Gasteiger partial charge < -0.3 is 4.74 Å². The van der Waals surface area contributed by atoms with Crippen molar-refractivity contribution in [1.82, 2.24) is 0 Å². The SMILES string of the molecule is CCCCCCCCOc1ccc(C(=O)C=Cc2ccc(SCC(C)C)cc2)cc1. The maximum absolute atomic E-state index is 12.4. The Morgan fingerprint density at radius 2 is 1.60 bits per heavy atom. The van der Waals surface area contributed by atoms with E-state index in [4.69, 9.17) is 4.74 Å². The molecule has 0 aliphatic carbocycles. The van der Waals surface area contributed by atoms with Crippen molar-refractivity contribution in [3.8, 4) is 5.75 Å². The van der Waals surface area contributed by atoms with Gasteiger partial charge in [0, 0.05) is 16.2 Å². The second-order valence-electron chi connectivity index (χ2n) is 8.11. The quantitative estimate of drug-likeness (QED) is 0.133. The van der Waals surface area contributed by atoms with Gasteiger partial charge in [-0.25, -0.2) is 0 Å². The van der Waals surface area contributed by atoms with Crippen LogP contribution in [-0.4, -0.2) is 18.1 Å². The molecule has 2 aromatic rings. The van der Waals surface area contributed by atoms with Crippen molar-refractivity contribution >= 4 is 23.6 Å². The minimum absolute atomic E-state index is 0.00994. The van der Waals surface area contributed by atoms with E-state index in [1.165, 1.54) is 37.0 Å². The fraction of sp³-hybridized carbons (Fsp3) is 0.444. The Kier molecular flexibility index (Phi) is 11.4. The average Bonchev–Trinajstić information content (AvgIpc) is 2.76. The molecule has 0 N–H and O–H groups in total. The van der Waals surface area contributed by atoms with Crippen molar-refractivity contribution in [3.05, 3.63) is 65.7 Å². The van der Waals surface area contributed by atoms with Crippen LogP contribution in [-0.2, 0) is 0 Å². The molecule has 30 heavy (non-hydrogen) atoms. The van der Waals surface area contributed by atoms with Crippen molar-refractivity contribution in [2.24, 2.45) is 5.92 Å². The highest BCUT2D eigenvalue weighted by Gasteiger charge is 2.03. The zero-order chi connectivity index (χ0) is 21.6. The molecule has 0 aliphatic rings. The molecule has 162 valence electrons. The minimum Gasteiger partial charge on any atom is -0.494 e. The molecule has 2 rings (SSSR count). The maximum Gasteiger partial charge on any atom is 0.185 e. The highest BCUT2D eigenvalue weighted by molar-refractivity contribution is 7.99. The van der Waals surface area contributed by atoms with Crippen LogP contribution in [0.5, 0.6) is 5.75 Å². The lowest BCUT2D eigenvalue weighted by molar-refractivity contribution is 0.104. The second-order valence-corrected chi connectivity index (χ2v) is 9.21. The van der Waals surface area contributed by atoms with Crippen molar-refractivity contribution < 1.29 is 9.53 Å². The number of hydrogen-bond donors (Lipinski definition) is 0. The normalized spacial score (nSPS) is 11.3. The number of carbonyl (C=O) groups excluding carboxylic acids is 1. The first kappa shape index (κ1) is 24.3. The fourth-order valence-corrected chi connectivity index (χ4v) is 3.85. The molecule has 3 heteroatoms. The lowest BCUT2D eigenvalue weighted by Crippen LogP contribution is -1.98. The van der Waals surface area contributed by atoms with Gasteiger partial charge in [-0.05, 0) is 60.4 Å². The molecule has 0 aliphatic heterocycles. The number of ketones is 1. The lowest BCUT2D eigenvalue weighted by Gasteiger charge is -2.06. The van der Waals surface area contributed by atoms with E-state index in [9.17, 15) is 4.79 Å². The van der Waals surface area contributed by atoms with E-state index in [2.05, 4.69) is 45.0 Å². The summed E-state index contributed by atoms with van der Waals surface area (Å²) in [6.45, 7) is 7.43. The van der Waals surface area contributed by atoms with Crippen LogP contribution in [0.4, 0.5) is 0 Å². The standard InChI is InChI=1S/C27H36O2S/c1-4-5-6-7-8-9-20-29-25-15-13-24(14-16-25)27(28)19-12-23-10-17-26(18-11-23)30-21-22(2)3/h10-19,22H,4-9,20-21H2,1-3H3. The monoisotopic (exact) mass is 424 g/mol. The van der Waals surface area contributed by atoms with E-state index in [1.54, 1.807) is 6.08 Å². The first-order valence-corrected chi connectivity index (χ1v) is 12.2. The smallest absolute Gasteiger partial charge is 0.185 e. The third-order valence-electron chi connectivity index (χ3n) is 4.80. The van der Waals surface area contributed by atoms with Crippen LogP contribution < -0.4 is 4.74 Å². The summed E-state index contributed by atoms with van der Waals surface area (Å²) in [6, 6.07) is 15.8. The molecule has 2 nitrogen and oxygen atoms in total. The summed E-state index contributed by atoms with van der Waals surface area (Å²) in [5.41, 5.74) is 1.72. The molecule has 0 fully saturated rings. The minimum atomic E-state index is 0.00994. The third-order valence-corrected chi connectivity index (χ3v) is 6.23. The van der Waals surface area contributed by atoms with E-state index in [1.807, 2.05) is 42.1 Å². The number of ether oxygens (including phenoxy) is 1. The summed E-state index contributed by atoms with van der Waals surface area (Å²) in [7, 11) is 0. The molecule has 2 aromatic carbocycles. The highest BCUT2D eigenvalue weighted by atomic mass is 32.2. The molecule has 0 aromatic heterocycles. The molecule has 0 bridgehead atoms. The van der Waals surface area contributed by atoms with E-state index in [0.717, 1.165) is 30.1 Å². The summed E-state index contributed by atoms with van der Waals surface area (Å²) in [5.74, 6) is 2.64. The van der Waals surface area contributed by atoms with E-state index < -0.39 is 0 Å².